The van der Waals surface area contributed by atoms with Crippen LogP contribution in [0, 0.1) is 0 Å². The van der Waals surface area contributed by atoms with Gasteiger partial charge in [-0.15, -0.1) is 0 Å². The first-order chi connectivity index (χ1) is 5.41. The Balaban J connectivity index is -0.0000000535. The number of hydrogen-bond donors (Lipinski definition) is 7. The number of hydrogen-bond acceptors (Lipinski definition) is 3. The second-order valence-corrected chi connectivity index (χ2v) is 3.40. The Bertz CT molecular complexity index is 145. The molecule has 0 atom stereocenters. The van der Waals surface area contributed by atoms with Crippen LogP contribution in [0.25, 0.3) is 0 Å². The van der Waals surface area contributed by atoms with Crippen LogP contribution in [0.15, 0.2) is 0 Å². The van der Waals surface area contributed by atoms with E-state index in [1.54, 1.807) is 6.92 Å². The van der Waals surface area contributed by atoms with Crippen molar-refractivity contribution < 1.29 is 43.6 Å². The third-order valence-electron chi connectivity index (χ3n) is 0. The predicted octanol–water partition coefficient (Wildman–Crippen LogP) is -2.51. The summed E-state index contributed by atoms with van der Waals surface area (Å²) in [6.45, 7) is 1.93. The second kappa shape index (κ2) is 12.9. The van der Waals surface area contributed by atoms with Gasteiger partial charge in [0.15, 0.2) is 0 Å². The molecule has 0 spiro atoms. The summed E-state index contributed by atoms with van der Waals surface area (Å²) in [4.78, 5) is 43.1. The van der Waals surface area contributed by atoms with Gasteiger partial charge in [0, 0.05) is 6.61 Å². The van der Waals surface area contributed by atoms with Crippen LogP contribution in [0.3, 0.4) is 0 Å². The first kappa shape index (κ1) is 24.9. The summed E-state index contributed by atoms with van der Waals surface area (Å²) in [6, 6.07) is 0. The summed E-state index contributed by atoms with van der Waals surface area (Å²) in [5.41, 5.74) is 0. The summed E-state index contributed by atoms with van der Waals surface area (Å²) < 4.78 is 17.8. The molecule has 0 fully saturated rings. The molecule has 86 valence electrons. The van der Waals surface area contributed by atoms with Crippen LogP contribution in [-0.2, 0) is 9.13 Å². The van der Waals surface area contributed by atoms with Crippen molar-refractivity contribution in [3.05, 3.63) is 0 Å². The van der Waals surface area contributed by atoms with E-state index in [0.29, 0.717) is 0 Å². The summed E-state index contributed by atoms with van der Waals surface area (Å²) in [7, 11) is -9.28. The second-order valence-electron chi connectivity index (χ2n) is 1.34. The molecule has 0 aromatic heterocycles. The molecule has 0 aliphatic heterocycles. The van der Waals surface area contributed by atoms with Gasteiger partial charge in [-0.05, 0) is 6.92 Å². The van der Waals surface area contributed by atoms with Crippen LogP contribution in [0.1, 0.15) is 6.92 Å². The molecular weight excluding hydrogens is 269 g/mol. The number of phosphoric acid groups is 2. The molecule has 0 aliphatic rings. The maximum absolute atomic E-state index is 8.88. The van der Waals surface area contributed by atoms with Gasteiger partial charge in [0.25, 0.3) is 0 Å². The van der Waals surface area contributed by atoms with Crippen molar-refractivity contribution in [1.82, 2.24) is 0 Å². The quantitative estimate of drug-likeness (QED) is 0.187. The average Bonchev–Trinajstić information content (AvgIpc) is 1.52. The molecule has 0 amide bonds. The van der Waals surface area contributed by atoms with Crippen molar-refractivity contribution in [1.29, 1.82) is 0 Å². The van der Waals surface area contributed by atoms with Gasteiger partial charge >= 0.3 is 67.0 Å². The molecule has 0 saturated heterocycles. The fraction of sp³-hybridized carbons (Fsp3) is 1.00. The Hall–Kier alpha value is 1.82. The molecule has 0 aromatic carbocycles. The summed E-state index contributed by atoms with van der Waals surface area (Å²) in [5, 5.41) is 7.57. The zero-order chi connectivity index (χ0) is 11.7. The van der Waals surface area contributed by atoms with Crippen LogP contribution < -0.4 is 0 Å². The van der Waals surface area contributed by atoms with Crippen LogP contribution in [0.5, 0.6) is 0 Å². The Morgan fingerprint density at radius 3 is 0.857 bits per heavy atom. The van der Waals surface area contributed by atoms with Crippen molar-refractivity contribution in [2.45, 2.75) is 6.92 Å². The van der Waals surface area contributed by atoms with Crippen molar-refractivity contribution in [3.63, 3.8) is 0 Å². The molecular formula is C2H13KO9P2. The van der Waals surface area contributed by atoms with Gasteiger partial charge < -0.3 is 34.5 Å². The Labute approximate surface area is 123 Å². The van der Waals surface area contributed by atoms with E-state index in [4.69, 9.17) is 43.6 Å². The molecule has 0 aliphatic carbocycles. The normalized spacial score (nSPS) is 9.71. The number of aliphatic hydroxyl groups excluding tert-OH is 1. The van der Waals surface area contributed by atoms with E-state index < -0.39 is 15.6 Å². The van der Waals surface area contributed by atoms with E-state index >= 15 is 0 Å². The van der Waals surface area contributed by atoms with Crippen LogP contribution >= 0.6 is 15.6 Å². The Morgan fingerprint density at radius 1 is 0.857 bits per heavy atom. The molecule has 0 saturated carbocycles. The molecule has 0 unspecified atom stereocenters. The molecule has 12 heteroatoms. The number of aliphatic hydroxyl groups is 1. The van der Waals surface area contributed by atoms with E-state index in [1.165, 1.54) is 0 Å². The molecule has 0 heterocycles. The van der Waals surface area contributed by atoms with Crippen LogP contribution in [0.4, 0.5) is 0 Å². The van der Waals surface area contributed by atoms with Gasteiger partial charge in [0.05, 0.1) is 0 Å². The Kier molecular flexibility index (Phi) is 22.9. The fourth-order valence-electron chi connectivity index (χ4n) is 0. The monoisotopic (exact) mass is 282 g/mol. The number of rotatable bonds is 0. The summed E-state index contributed by atoms with van der Waals surface area (Å²) in [6.07, 6.45) is 0. The van der Waals surface area contributed by atoms with E-state index in [2.05, 4.69) is 0 Å². The van der Waals surface area contributed by atoms with Gasteiger partial charge in [-0.2, -0.15) is 0 Å². The SMILES string of the molecule is CCO.O=P(O)(O)O.O=P(O)(O)O.[KH]. The van der Waals surface area contributed by atoms with Crippen molar-refractivity contribution in [2.24, 2.45) is 0 Å². The van der Waals surface area contributed by atoms with Gasteiger partial charge in [0.1, 0.15) is 0 Å². The van der Waals surface area contributed by atoms with Gasteiger partial charge in [-0.1, -0.05) is 0 Å². The molecule has 7 N–H and O–H groups in total. The van der Waals surface area contributed by atoms with E-state index in [-0.39, 0.29) is 58.0 Å². The summed E-state index contributed by atoms with van der Waals surface area (Å²) in [5.74, 6) is 0. The van der Waals surface area contributed by atoms with E-state index in [0.717, 1.165) is 0 Å². The molecule has 14 heavy (non-hydrogen) atoms. The first-order valence-corrected chi connectivity index (χ1v) is 5.72. The van der Waals surface area contributed by atoms with Crippen molar-refractivity contribution >= 4 is 67.0 Å². The first-order valence-electron chi connectivity index (χ1n) is 2.59. The van der Waals surface area contributed by atoms with E-state index in [1.807, 2.05) is 0 Å². The fourth-order valence-corrected chi connectivity index (χ4v) is 0. The average molecular weight is 282 g/mol. The third-order valence-corrected chi connectivity index (χ3v) is 0. The standard InChI is InChI=1S/C2H6O.K.2H3O4P.H/c1-2-3;;2*1-5(2,3)4;/h3H,2H2,1H3;;2*(H3,1,2,3,4);. The van der Waals surface area contributed by atoms with E-state index in [9.17, 15) is 0 Å². The molecule has 9 nitrogen and oxygen atoms in total. The molecule has 0 rings (SSSR count). The minimum absolute atomic E-state index is 0. The molecule has 0 radical (unpaired) electrons. The molecule has 0 aromatic rings. The van der Waals surface area contributed by atoms with Gasteiger partial charge in [-0.25, -0.2) is 9.13 Å². The van der Waals surface area contributed by atoms with Crippen molar-refractivity contribution in [3.8, 4) is 0 Å². The topological polar surface area (TPSA) is 176 Å². The third kappa shape index (κ3) is 688. The van der Waals surface area contributed by atoms with Crippen molar-refractivity contribution in [2.75, 3.05) is 6.61 Å². The molecule has 0 bridgehead atoms. The van der Waals surface area contributed by atoms with Gasteiger partial charge in [0.2, 0.25) is 0 Å². The minimum atomic E-state index is -4.64. The van der Waals surface area contributed by atoms with Gasteiger partial charge in [-0.3, -0.25) is 0 Å². The zero-order valence-corrected chi connectivity index (χ0v) is 8.34. The van der Waals surface area contributed by atoms with Crippen LogP contribution in [0.2, 0.25) is 0 Å². The zero-order valence-electron chi connectivity index (χ0n) is 6.55. The predicted molar refractivity (Wildman–Crippen MR) is 48.4 cm³/mol. The maximum atomic E-state index is 8.88. The summed E-state index contributed by atoms with van der Waals surface area (Å²) >= 11 is 0. The van der Waals surface area contributed by atoms with Crippen LogP contribution in [-0.4, -0.2) is 92.5 Å². The Morgan fingerprint density at radius 2 is 0.857 bits per heavy atom.